The number of nitrogens with one attached hydrogen (secondary N) is 1. The van der Waals surface area contributed by atoms with E-state index in [9.17, 15) is 19.2 Å². The molecule has 8 nitrogen and oxygen atoms in total. The van der Waals surface area contributed by atoms with E-state index < -0.39 is 30.0 Å². The monoisotopic (exact) mass is 323 g/mol. The van der Waals surface area contributed by atoms with Crippen molar-refractivity contribution in [3.63, 3.8) is 0 Å². The second kappa shape index (κ2) is 9.19. The number of carboxylic acid groups (broad SMARTS) is 1. The minimum absolute atomic E-state index is 0.124. The SMILES string of the molecule is C[C@H](NC(=O)OCc1ccccc1)C(=O)O.O=C1CCC(=O)O1. The molecule has 1 amide bonds. The molecule has 0 bridgehead atoms. The predicted octanol–water partition coefficient (Wildman–Crippen LogP) is 1.24. The van der Waals surface area contributed by atoms with E-state index in [4.69, 9.17) is 9.84 Å². The fourth-order valence-corrected chi connectivity index (χ4v) is 1.44. The van der Waals surface area contributed by atoms with E-state index in [0.717, 1.165) is 5.56 Å². The van der Waals surface area contributed by atoms with Crippen molar-refractivity contribution in [3.05, 3.63) is 35.9 Å². The number of hydrogen-bond donors (Lipinski definition) is 2. The van der Waals surface area contributed by atoms with Crippen LogP contribution in [0.15, 0.2) is 30.3 Å². The van der Waals surface area contributed by atoms with Crippen molar-refractivity contribution in [2.75, 3.05) is 0 Å². The molecular formula is C15H17NO7. The first kappa shape index (κ1) is 18.1. The zero-order chi connectivity index (χ0) is 17.2. The van der Waals surface area contributed by atoms with Crippen molar-refractivity contribution in [3.8, 4) is 0 Å². The van der Waals surface area contributed by atoms with Crippen LogP contribution in [-0.2, 0) is 30.5 Å². The predicted molar refractivity (Wildman–Crippen MR) is 77.2 cm³/mol. The molecule has 1 saturated heterocycles. The van der Waals surface area contributed by atoms with Gasteiger partial charge in [0.2, 0.25) is 0 Å². The number of carbonyl (C=O) groups excluding carboxylic acids is 3. The Morgan fingerprint density at radius 1 is 1.22 bits per heavy atom. The molecule has 1 heterocycles. The fourth-order valence-electron chi connectivity index (χ4n) is 1.44. The highest BCUT2D eigenvalue weighted by atomic mass is 16.6. The molecule has 1 fully saturated rings. The number of hydrogen-bond acceptors (Lipinski definition) is 6. The number of cyclic esters (lactones) is 2. The quantitative estimate of drug-likeness (QED) is 0.632. The maximum absolute atomic E-state index is 11.1. The average molecular weight is 323 g/mol. The highest BCUT2D eigenvalue weighted by molar-refractivity contribution is 5.92. The van der Waals surface area contributed by atoms with Gasteiger partial charge in [-0.15, -0.1) is 0 Å². The average Bonchev–Trinajstić information content (AvgIpc) is 2.90. The van der Waals surface area contributed by atoms with Crippen LogP contribution < -0.4 is 5.32 Å². The van der Waals surface area contributed by atoms with Crippen LogP contribution >= 0.6 is 0 Å². The maximum atomic E-state index is 11.1. The molecule has 0 radical (unpaired) electrons. The van der Waals surface area contributed by atoms with Crippen molar-refractivity contribution >= 4 is 24.0 Å². The first-order valence-electron chi connectivity index (χ1n) is 6.82. The van der Waals surface area contributed by atoms with Crippen LogP contribution in [0, 0.1) is 0 Å². The minimum Gasteiger partial charge on any atom is -0.480 e. The van der Waals surface area contributed by atoms with E-state index >= 15 is 0 Å². The first-order chi connectivity index (χ1) is 10.9. The van der Waals surface area contributed by atoms with Gasteiger partial charge in [-0.2, -0.15) is 0 Å². The Morgan fingerprint density at radius 3 is 2.22 bits per heavy atom. The zero-order valence-corrected chi connectivity index (χ0v) is 12.5. The molecule has 1 aromatic carbocycles. The Balaban J connectivity index is 0.000000313. The van der Waals surface area contributed by atoms with E-state index in [1.807, 2.05) is 30.3 Å². The molecule has 2 N–H and O–H groups in total. The Morgan fingerprint density at radius 2 is 1.78 bits per heavy atom. The smallest absolute Gasteiger partial charge is 0.408 e. The summed E-state index contributed by atoms with van der Waals surface area (Å²) in [6.07, 6.45) is -0.212. The molecule has 23 heavy (non-hydrogen) atoms. The van der Waals surface area contributed by atoms with E-state index in [1.54, 1.807) is 0 Å². The lowest BCUT2D eigenvalue weighted by Crippen LogP contribution is -2.38. The second-order valence-corrected chi connectivity index (χ2v) is 4.61. The number of rotatable bonds is 4. The fraction of sp³-hybridized carbons (Fsp3) is 0.333. The van der Waals surface area contributed by atoms with Crippen molar-refractivity contribution in [1.82, 2.24) is 5.32 Å². The van der Waals surface area contributed by atoms with E-state index in [1.165, 1.54) is 6.92 Å². The van der Waals surface area contributed by atoms with Crippen LogP contribution in [-0.4, -0.2) is 35.1 Å². The van der Waals surface area contributed by atoms with Crippen LogP contribution in [0.2, 0.25) is 0 Å². The van der Waals surface area contributed by atoms with Crippen LogP contribution in [0.1, 0.15) is 25.3 Å². The highest BCUT2D eigenvalue weighted by Gasteiger charge is 2.19. The summed E-state index contributed by atoms with van der Waals surface area (Å²) in [5.74, 6) is -1.90. The minimum atomic E-state index is -1.10. The van der Waals surface area contributed by atoms with Gasteiger partial charge in [-0.05, 0) is 12.5 Å². The number of alkyl carbamates (subject to hydrolysis) is 1. The third-order valence-corrected chi connectivity index (χ3v) is 2.68. The van der Waals surface area contributed by atoms with E-state index in [2.05, 4.69) is 10.1 Å². The molecule has 0 aromatic heterocycles. The Kier molecular flexibility index (Phi) is 7.25. The van der Waals surface area contributed by atoms with Crippen LogP contribution in [0.3, 0.4) is 0 Å². The summed E-state index contributed by atoms with van der Waals surface area (Å²) in [4.78, 5) is 41.6. The van der Waals surface area contributed by atoms with Crippen LogP contribution in [0.25, 0.3) is 0 Å². The van der Waals surface area contributed by atoms with Crippen molar-refractivity contribution in [1.29, 1.82) is 0 Å². The molecule has 0 unspecified atom stereocenters. The summed E-state index contributed by atoms with van der Waals surface area (Å²) in [6, 6.07) is 8.19. The second-order valence-electron chi connectivity index (χ2n) is 4.61. The number of carboxylic acids is 1. The molecule has 0 spiro atoms. The van der Waals surface area contributed by atoms with Crippen molar-refractivity contribution in [2.45, 2.75) is 32.4 Å². The number of ether oxygens (including phenoxy) is 2. The van der Waals surface area contributed by atoms with Gasteiger partial charge in [0.1, 0.15) is 12.6 Å². The van der Waals surface area contributed by atoms with Crippen LogP contribution in [0.5, 0.6) is 0 Å². The van der Waals surface area contributed by atoms with Crippen molar-refractivity contribution < 1.29 is 33.8 Å². The summed E-state index contributed by atoms with van der Waals surface area (Å²) in [5, 5.41) is 10.7. The number of esters is 2. The summed E-state index contributed by atoms with van der Waals surface area (Å²) in [5.41, 5.74) is 0.848. The Hall–Kier alpha value is -2.90. The molecule has 0 saturated carbocycles. The van der Waals surface area contributed by atoms with Crippen molar-refractivity contribution in [2.24, 2.45) is 0 Å². The molecule has 1 aromatic rings. The van der Waals surface area contributed by atoms with E-state index in [0.29, 0.717) is 0 Å². The zero-order valence-electron chi connectivity index (χ0n) is 12.5. The van der Waals surface area contributed by atoms with Gasteiger partial charge in [0.25, 0.3) is 0 Å². The van der Waals surface area contributed by atoms with Gasteiger partial charge in [-0.3, -0.25) is 14.4 Å². The van der Waals surface area contributed by atoms with Gasteiger partial charge >= 0.3 is 24.0 Å². The summed E-state index contributed by atoms with van der Waals surface area (Å²) >= 11 is 0. The van der Waals surface area contributed by atoms with Gasteiger partial charge in [-0.1, -0.05) is 30.3 Å². The number of aliphatic carboxylic acids is 1. The lowest BCUT2D eigenvalue weighted by molar-refractivity contribution is -0.152. The topological polar surface area (TPSA) is 119 Å². The molecule has 1 aliphatic heterocycles. The summed E-state index contributed by atoms with van der Waals surface area (Å²) < 4.78 is 8.92. The Labute approximate surface area is 132 Å². The number of benzene rings is 1. The molecule has 1 atom stereocenters. The van der Waals surface area contributed by atoms with Gasteiger partial charge in [0.15, 0.2) is 0 Å². The molecule has 0 aliphatic carbocycles. The van der Waals surface area contributed by atoms with E-state index in [-0.39, 0.29) is 19.4 Å². The molecule has 8 heteroatoms. The van der Waals surface area contributed by atoms with Gasteiger partial charge in [0.05, 0.1) is 12.8 Å². The van der Waals surface area contributed by atoms with Crippen LogP contribution in [0.4, 0.5) is 4.79 Å². The Bertz CT molecular complexity index is 556. The lowest BCUT2D eigenvalue weighted by atomic mass is 10.2. The lowest BCUT2D eigenvalue weighted by Gasteiger charge is -2.09. The standard InChI is InChI=1S/C11H13NO4.C4H4O3/c1-8(10(13)14)12-11(15)16-7-9-5-3-2-4-6-9;5-3-1-2-4(6)7-3/h2-6,8H,7H2,1H3,(H,12,15)(H,13,14);1-2H2/t8-;/m0./s1. The molecule has 2 rings (SSSR count). The van der Waals surface area contributed by atoms with Gasteiger partial charge in [-0.25, -0.2) is 4.79 Å². The molecular weight excluding hydrogens is 306 g/mol. The number of amides is 1. The summed E-state index contributed by atoms with van der Waals surface area (Å²) in [7, 11) is 0. The first-order valence-corrected chi connectivity index (χ1v) is 6.82. The highest BCUT2D eigenvalue weighted by Crippen LogP contribution is 2.04. The molecule has 1 aliphatic rings. The maximum Gasteiger partial charge on any atom is 0.408 e. The van der Waals surface area contributed by atoms with Gasteiger partial charge in [0, 0.05) is 0 Å². The largest absolute Gasteiger partial charge is 0.480 e. The van der Waals surface area contributed by atoms with Gasteiger partial charge < -0.3 is 19.9 Å². The third kappa shape index (κ3) is 7.60. The summed E-state index contributed by atoms with van der Waals surface area (Å²) in [6.45, 7) is 1.49. The number of carbonyl (C=O) groups is 4. The normalized spacial score (nSPS) is 14.1. The third-order valence-electron chi connectivity index (χ3n) is 2.68. The molecule has 124 valence electrons.